The molecular formula is C12H15N5O5. The van der Waals surface area contributed by atoms with Gasteiger partial charge >= 0.3 is 0 Å². The van der Waals surface area contributed by atoms with E-state index in [9.17, 15) is 9.90 Å². The van der Waals surface area contributed by atoms with E-state index in [1.165, 1.54) is 19.8 Å². The highest BCUT2D eigenvalue weighted by molar-refractivity contribution is 5.81. The normalized spacial score (nSPS) is 28.1. The van der Waals surface area contributed by atoms with Crippen molar-refractivity contribution >= 4 is 23.5 Å². The maximum Gasteiger partial charge on any atom is 0.293 e. The molecule has 10 heteroatoms. The van der Waals surface area contributed by atoms with Crippen LogP contribution in [-0.4, -0.2) is 63.1 Å². The van der Waals surface area contributed by atoms with Crippen molar-refractivity contribution in [2.45, 2.75) is 24.5 Å². The van der Waals surface area contributed by atoms with Crippen LogP contribution in [0.15, 0.2) is 12.7 Å². The van der Waals surface area contributed by atoms with Gasteiger partial charge in [-0.1, -0.05) is 0 Å². The summed E-state index contributed by atoms with van der Waals surface area (Å²) < 4.78 is 17.7. The molecule has 0 bridgehead atoms. The monoisotopic (exact) mass is 309 g/mol. The number of carbonyl (C=O) groups is 1. The first kappa shape index (κ1) is 14.6. The van der Waals surface area contributed by atoms with E-state index in [0.717, 1.165) is 0 Å². The van der Waals surface area contributed by atoms with Gasteiger partial charge in [-0.15, -0.1) is 0 Å². The SMILES string of the molecule is COC1C(OC=O)[C@@H](CO)O[C@H]1n1cnc2c(N)ncnc21. The lowest BCUT2D eigenvalue weighted by molar-refractivity contribution is -0.141. The van der Waals surface area contributed by atoms with Crippen LogP contribution < -0.4 is 5.73 Å². The summed E-state index contributed by atoms with van der Waals surface area (Å²) >= 11 is 0. The first-order chi connectivity index (χ1) is 10.7. The molecule has 22 heavy (non-hydrogen) atoms. The number of anilines is 1. The Morgan fingerprint density at radius 2 is 2.27 bits per heavy atom. The quantitative estimate of drug-likeness (QED) is 0.656. The second-order valence-corrected chi connectivity index (χ2v) is 4.73. The lowest BCUT2D eigenvalue weighted by Crippen LogP contribution is -2.37. The van der Waals surface area contributed by atoms with Gasteiger partial charge in [0.2, 0.25) is 0 Å². The van der Waals surface area contributed by atoms with Crippen LogP contribution >= 0.6 is 0 Å². The Balaban J connectivity index is 2.02. The summed E-state index contributed by atoms with van der Waals surface area (Å²) in [5.41, 5.74) is 6.65. The Labute approximate surface area is 124 Å². The van der Waals surface area contributed by atoms with E-state index in [1.54, 1.807) is 4.57 Å². The van der Waals surface area contributed by atoms with Gasteiger partial charge in [-0.25, -0.2) is 15.0 Å². The number of rotatable bonds is 5. The van der Waals surface area contributed by atoms with Crippen molar-refractivity contribution in [3.05, 3.63) is 12.7 Å². The van der Waals surface area contributed by atoms with Crippen molar-refractivity contribution in [2.75, 3.05) is 19.5 Å². The van der Waals surface area contributed by atoms with Gasteiger partial charge in [-0.2, -0.15) is 0 Å². The van der Waals surface area contributed by atoms with Crippen molar-refractivity contribution in [2.24, 2.45) is 0 Å². The van der Waals surface area contributed by atoms with Gasteiger partial charge in [0.05, 0.1) is 12.9 Å². The van der Waals surface area contributed by atoms with Gasteiger partial charge in [0.25, 0.3) is 6.47 Å². The molecule has 1 aliphatic heterocycles. The molecule has 4 atom stereocenters. The lowest BCUT2D eigenvalue weighted by atomic mass is 10.1. The summed E-state index contributed by atoms with van der Waals surface area (Å²) in [5.74, 6) is 0.245. The number of aliphatic hydroxyl groups excluding tert-OH is 1. The van der Waals surface area contributed by atoms with Gasteiger partial charge in [-0.05, 0) is 0 Å². The summed E-state index contributed by atoms with van der Waals surface area (Å²) in [5, 5.41) is 9.40. The Morgan fingerprint density at radius 1 is 1.45 bits per heavy atom. The maximum absolute atomic E-state index is 10.7. The highest BCUT2D eigenvalue weighted by Gasteiger charge is 2.47. The Bertz CT molecular complexity index is 677. The van der Waals surface area contributed by atoms with Crippen molar-refractivity contribution in [1.82, 2.24) is 19.5 Å². The molecule has 2 aromatic heterocycles. The Hall–Kier alpha value is -2.30. The predicted molar refractivity (Wildman–Crippen MR) is 72.5 cm³/mol. The molecule has 0 aromatic carbocycles. The fourth-order valence-electron chi connectivity index (χ4n) is 2.61. The number of hydrogen-bond acceptors (Lipinski definition) is 9. The number of aliphatic hydroxyl groups is 1. The highest BCUT2D eigenvalue weighted by Crippen LogP contribution is 2.34. The van der Waals surface area contributed by atoms with Crippen LogP contribution in [0.25, 0.3) is 11.2 Å². The molecule has 2 unspecified atom stereocenters. The topological polar surface area (TPSA) is 135 Å². The number of nitrogens with zero attached hydrogens (tertiary/aromatic N) is 4. The van der Waals surface area contributed by atoms with Crippen LogP contribution in [0.4, 0.5) is 5.82 Å². The summed E-state index contributed by atoms with van der Waals surface area (Å²) in [6, 6.07) is 0. The molecule has 3 N–H and O–H groups in total. The Morgan fingerprint density at radius 3 is 2.95 bits per heavy atom. The van der Waals surface area contributed by atoms with E-state index in [2.05, 4.69) is 15.0 Å². The van der Waals surface area contributed by atoms with Gasteiger partial charge < -0.3 is 25.1 Å². The van der Waals surface area contributed by atoms with E-state index >= 15 is 0 Å². The fraction of sp³-hybridized carbons (Fsp3) is 0.500. The number of hydrogen-bond donors (Lipinski definition) is 2. The van der Waals surface area contributed by atoms with Crippen LogP contribution in [0.3, 0.4) is 0 Å². The number of aromatic nitrogens is 4. The molecule has 3 rings (SSSR count). The van der Waals surface area contributed by atoms with E-state index < -0.39 is 24.5 Å². The number of imidazole rings is 1. The van der Waals surface area contributed by atoms with Crippen LogP contribution in [0.1, 0.15) is 6.23 Å². The summed E-state index contributed by atoms with van der Waals surface area (Å²) in [7, 11) is 1.46. The molecule has 0 saturated carbocycles. The molecule has 10 nitrogen and oxygen atoms in total. The van der Waals surface area contributed by atoms with Crippen LogP contribution in [0.2, 0.25) is 0 Å². The Kier molecular flexibility index (Phi) is 3.88. The molecule has 1 aliphatic rings. The first-order valence-electron chi connectivity index (χ1n) is 6.52. The third-order valence-electron chi connectivity index (χ3n) is 3.61. The van der Waals surface area contributed by atoms with Crippen molar-refractivity contribution in [1.29, 1.82) is 0 Å². The number of methoxy groups -OCH3 is 1. The molecule has 0 amide bonds. The predicted octanol–water partition coefficient (Wildman–Crippen LogP) is -1.15. The zero-order valence-corrected chi connectivity index (χ0v) is 11.7. The molecule has 0 spiro atoms. The molecule has 1 saturated heterocycles. The number of nitrogen functional groups attached to an aromatic ring is 1. The van der Waals surface area contributed by atoms with Crippen LogP contribution in [-0.2, 0) is 19.0 Å². The molecular weight excluding hydrogens is 294 g/mol. The second-order valence-electron chi connectivity index (χ2n) is 4.73. The molecule has 1 fully saturated rings. The number of nitrogens with two attached hydrogens (primary N) is 1. The average Bonchev–Trinajstić information content (AvgIpc) is 3.09. The van der Waals surface area contributed by atoms with E-state index in [1.807, 2.05) is 0 Å². The number of ether oxygens (including phenoxy) is 3. The van der Waals surface area contributed by atoms with Crippen molar-refractivity contribution in [3.63, 3.8) is 0 Å². The van der Waals surface area contributed by atoms with Crippen LogP contribution in [0.5, 0.6) is 0 Å². The minimum absolute atomic E-state index is 0.245. The summed E-state index contributed by atoms with van der Waals surface area (Å²) in [6.45, 7) is -0.0180. The second kappa shape index (κ2) is 5.83. The summed E-state index contributed by atoms with van der Waals surface area (Å²) in [6.07, 6.45) is 0.0490. The fourth-order valence-corrected chi connectivity index (χ4v) is 2.61. The number of carbonyl (C=O) groups excluding carboxylic acids is 1. The first-order valence-corrected chi connectivity index (χ1v) is 6.52. The van der Waals surface area contributed by atoms with Gasteiger partial charge in [-0.3, -0.25) is 9.36 Å². The molecule has 0 radical (unpaired) electrons. The largest absolute Gasteiger partial charge is 0.459 e. The lowest BCUT2D eigenvalue weighted by Gasteiger charge is -2.21. The molecule has 3 heterocycles. The molecule has 118 valence electrons. The van der Waals surface area contributed by atoms with E-state index in [-0.39, 0.29) is 12.4 Å². The van der Waals surface area contributed by atoms with E-state index in [4.69, 9.17) is 19.9 Å². The third-order valence-corrected chi connectivity index (χ3v) is 3.61. The van der Waals surface area contributed by atoms with Crippen LogP contribution in [0, 0.1) is 0 Å². The smallest absolute Gasteiger partial charge is 0.293 e. The average molecular weight is 309 g/mol. The van der Waals surface area contributed by atoms with Crippen molar-refractivity contribution < 1.29 is 24.1 Å². The van der Waals surface area contributed by atoms with Gasteiger partial charge in [0.15, 0.2) is 23.8 Å². The minimum Gasteiger partial charge on any atom is -0.459 e. The number of fused-ring (bicyclic) bond motifs is 1. The molecule has 0 aliphatic carbocycles. The van der Waals surface area contributed by atoms with Gasteiger partial charge in [0.1, 0.15) is 24.1 Å². The summed E-state index contributed by atoms with van der Waals surface area (Å²) in [4.78, 5) is 22.8. The standard InChI is InChI=1S/C12H15N5O5/c1-20-9-8(21-5-19)6(2-18)22-12(9)17-4-16-7-10(13)14-3-15-11(7)17/h3-6,8-9,12,18H,2H2,1H3,(H2,13,14,15)/t6-,8?,9?,12-/m1/s1. The molecule has 2 aromatic rings. The van der Waals surface area contributed by atoms with Crippen molar-refractivity contribution in [3.8, 4) is 0 Å². The highest BCUT2D eigenvalue weighted by atomic mass is 16.6. The third kappa shape index (κ3) is 2.17. The minimum atomic E-state index is -0.742. The van der Waals surface area contributed by atoms with Gasteiger partial charge in [0, 0.05) is 7.11 Å². The zero-order chi connectivity index (χ0) is 15.7. The zero-order valence-electron chi connectivity index (χ0n) is 11.7. The maximum atomic E-state index is 10.7. The van der Waals surface area contributed by atoms with E-state index in [0.29, 0.717) is 17.6 Å².